The number of hydrogen-bond acceptors (Lipinski definition) is 3. The van der Waals surface area contributed by atoms with E-state index < -0.39 is 6.10 Å². The third-order valence-electron chi connectivity index (χ3n) is 2.26. The summed E-state index contributed by atoms with van der Waals surface area (Å²) in [6.07, 6.45) is 0.845. The van der Waals surface area contributed by atoms with Gasteiger partial charge in [-0.25, -0.2) is 0 Å². The lowest BCUT2D eigenvalue weighted by molar-refractivity contribution is 0.212. The van der Waals surface area contributed by atoms with Gasteiger partial charge < -0.3 is 5.11 Å². The van der Waals surface area contributed by atoms with Gasteiger partial charge in [-0.2, -0.15) is 5.10 Å². The Hall–Kier alpha value is -0.360. The normalized spacial score (nSPS) is 13.0. The zero-order valence-corrected chi connectivity index (χ0v) is 11.7. The number of nitrogens with zero attached hydrogens (tertiary/aromatic N) is 2. The summed E-state index contributed by atoms with van der Waals surface area (Å²) in [6, 6.07) is 3.78. The summed E-state index contributed by atoms with van der Waals surface area (Å²) < 4.78 is 2.70. The molecule has 2 heterocycles. The van der Waals surface area contributed by atoms with Gasteiger partial charge in [0.25, 0.3) is 0 Å². The van der Waals surface area contributed by atoms with Crippen LogP contribution in [0.5, 0.6) is 0 Å². The van der Waals surface area contributed by atoms with Crippen LogP contribution in [0.1, 0.15) is 23.6 Å². The molecule has 0 saturated carbocycles. The van der Waals surface area contributed by atoms with Gasteiger partial charge in [0, 0.05) is 11.4 Å². The van der Waals surface area contributed by atoms with Crippen molar-refractivity contribution >= 4 is 38.9 Å². The van der Waals surface area contributed by atoms with Crippen LogP contribution < -0.4 is 0 Å². The van der Waals surface area contributed by atoms with E-state index in [0.717, 1.165) is 8.66 Å². The summed E-state index contributed by atoms with van der Waals surface area (Å²) >= 11 is 10.9. The Balaban J connectivity index is 2.40. The molecular weight excluding hydrogens is 312 g/mol. The van der Waals surface area contributed by atoms with Gasteiger partial charge in [-0.3, -0.25) is 4.68 Å². The lowest BCUT2D eigenvalue weighted by Gasteiger charge is -2.11. The molecule has 16 heavy (non-hydrogen) atoms. The maximum Gasteiger partial charge on any atom is 0.131 e. The second-order valence-electron chi connectivity index (χ2n) is 3.24. The summed E-state index contributed by atoms with van der Waals surface area (Å²) in [4.78, 5) is 0.851. The van der Waals surface area contributed by atoms with Gasteiger partial charge in [0.05, 0.1) is 20.7 Å². The molecule has 0 radical (unpaired) electrons. The standard InChI is InChI=1S/C10H10BrClN2OS/c1-2-14-9(6(12)5-13-14)10(15)7-3-4-8(11)16-7/h3-5,10,15H,2H2,1H3. The highest BCUT2D eigenvalue weighted by atomic mass is 79.9. The largest absolute Gasteiger partial charge is 0.381 e. The Morgan fingerprint density at radius 3 is 2.94 bits per heavy atom. The second-order valence-corrected chi connectivity index (χ2v) is 6.14. The Labute approximate surface area is 111 Å². The first-order valence-electron chi connectivity index (χ1n) is 4.78. The summed E-state index contributed by atoms with van der Waals surface area (Å²) in [5.41, 5.74) is 0.651. The average molecular weight is 322 g/mol. The molecule has 6 heteroatoms. The molecule has 0 amide bonds. The van der Waals surface area contributed by atoms with E-state index in [0.29, 0.717) is 17.3 Å². The Morgan fingerprint density at radius 1 is 1.62 bits per heavy atom. The molecule has 0 bridgehead atoms. The minimum atomic E-state index is -0.716. The van der Waals surface area contributed by atoms with E-state index in [-0.39, 0.29) is 0 Å². The molecule has 0 aromatic carbocycles. The summed E-state index contributed by atoms with van der Waals surface area (Å²) in [6.45, 7) is 2.65. The lowest BCUT2D eigenvalue weighted by atomic mass is 10.2. The van der Waals surface area contributed by atoms with Crippen molar-refractivity contribution in [1.29, 1.82) is 0 Å². The zero-order chi connectivity index (χ0) is 11.7. The van der Waals surface area contributed by atoms with Crippen molar-refractivity contribution in [2.24, 2.45) is 0 Å². The van der Waals surface area contributed by atoms with E-state index in [9.17, 15) is 5.11 Å². The Bertz CT molecular complexity index is 497. The van der Waals surface area contributed by atoms with Crippen LogP contribution in [0.4, 0.5) is 0 Å². The van der Waals surface area contributed by atoms with Crippen LogP contribution in [-0.4, -0.2) is 14.9 Å². The van der Waals surface area contributed by atoms with E-state index in [1.54, 1.807) is 10.9 Å². The van der Waals surface area contributed by atoms with Gasteiger partial charge in [-0.15, -0.1) is 11.3 Å². The number of aliphatic hydroxyl groups excluding tert-OH is 1. The molecule has 1 atom stereocenters. The number of aromatic nitrogens is 2. The highest BCUT2D eigenvalue weighted by molar-refractivity contribution is 9.11. The van der Waals surface area contributed by atoms with Crippen molar-refractivity contribution < 1.29 is 5.11 Å². The third-order valence-corrected chi connectivity index (χ3v) is 4.22. The molecule has 0 aliphatic rings. The van der Waals surface area contributed by atoms with Crippen molar-refractivity contribution in [3.8, 4) is 0 Å². The predicted octanol–water partition coefficient (Wildman–Crippen LogP) is 3.46. The SMILES string of the molecule is CCn1ncc(Cl)c1C(O)c1ccc(Br)s1. The van der Waals surface area contributed by atoms with Gasteiger partial charge in [0.15, 0.2) is 0 Å². The molecule has 1 N–H and O–H groups in total. The van der Waals surface area contributed by atoms with Gasteiger partial charge in [-0.1, -0.05) is 11.6 Å². The molecular formula is C10H10BrClN2OS. The molecule has 2 aromatic rings. The van der Waals surface area contributed by atoms with Crippen LogP contribution in [0, 0.1) is 0 Å². The van der Waals surface area contributed by atoms with Crippen LogP contribution in [0.2, 0.25) is 5.02 Å². The van der Waals surface area contributed by atoms with Gasteiger partial charge >= 0.3 is 0 Å². The number of halogens is 2. The maximum absolute atomic E-state index is 10.2. The highest BCUT2D eigenvalue weighted by Crippen LogP contribution is 2.33. The van der Waals surface area contributed by atoms with Crippen molar-refractivity contribution in [1.82, 2.24) is 9.78 Å². The van der Waals surface area contributed by atoms with Crippen molar-refractivity contribution in [3.63, 3.8) is 0 Å². The van der Waals surface area contributed by atoms with E-state index >= 15 is 0 Å². The molecule has 3 nitrogen and oxygen atoms in total. The predicted molar refractivity (Wildman–Crippen MR) is 69.0 cm³/mol. The van der Waals surface area contributed by atoms with E-state index in [1.807, 2.05) is 19.1 Å². The molecule has 86 valence electrons. The van der Waals surface area contributed by atoms with Gasteiger partial charge in [0.1, 0.15) is 6.10 Å². The minimum Gasteiger partial charge on any atom is -0.381 e. The Kier molecular flexibility index (Phi) is 3.69. The minimum absolute atomic E-state index is 0.499. The molecule has 1 unspecified atom stereocenters. The molecule has 2 rings (SSSR count). The zero-order valence-electron chi connectivity index (χ0n) is 8.52. The average Bonchev–Trinajstić information content (AvgIpc) is 2.83. The number of hydrogen-bond donors (Lipinski definition) is 1. The second kappa shape index (κ2) is 4.87. The van der Waals surface area contributed by atoms with Gasteiger partial charge in [0.2, 0.25) is 0 Å². The lowest BCUT2D eigenvalue weighted by Crippen LogP contribution is -2.08. The molecule has 2 aromatic heterocycles. The highest BCUT2D eigenvalue weighted by Gasteiger charge is 2.20. The van der Waals surface area contributed by atoms with Crippen LogP contribution in [0.3, 0.4) is 0 Å². The van der Waals surface area contributed by atoms with Crippen LogP contribution in [-0.2, 0) is 6.54 Å². The van der Waals surface area contributed by atoms with E-state index in [4.69, 9.17) is 11.6 Å². The summed E-state index contributed by atoms with van der Waals surface area (Å²) in [5, 5.41) is 14.8. The van der Waals surface area contributed by atoms with Crippen molar-refractivity contribution in [2.45, 2.75) is 19.6 Å². The molecule has 0 saturated heterocycles. The van der Waals surface area contributed by atoms with E-state index in [1.165, 1.54) is 11.3 Å². The first kappa shape index (κ1) is 12.1. The third kappa shape index (κ3) is 2.18. The first-order valence-corrected chi connectivity index (χ1v) is 6.76. The monoisotopic (exact) mass is 320 g/mol. The van der Waals surface area contributed by atoms with Crippen molar-refractivity contribution in [2.75, 3.05) is 0 Å². The molecule has 0 spiro atoms. The number of thiophene rings is 1. The van der Waals surface area contributed by atoms with Gasteiger partial charge in [-0.05, 0) is 35.0 Å². The number of aryl methyl sites for hydroxylation is 1. The van der Waals surface area contributed by atoms with Crippen LogP contribution >= 0.6 is 38.9 Å². The fourth-order valence-corrected chi connectivity index (χ4v) is 3.16. The fraction of sp³-hybridized carbons (Fsp3) is 0.300. The van der Waals surface area contributed by atoms with Crippen molar-refractivity contribution in [3.05, 3.63) is 37.7 Å². The van der Waals surface area contributed by atoms with E-state index in [2.05, 4.69) is 21.0 Å². The Morgan fingerprint density at radius 2 is 2.38 bits per heavy atom. The smallest absolute Gasteiger partial charge is 0.131 e. The molecule has 0 aliphatic carbocycles. The number of aliphatic hydroxyl groups is 1. The maximum atomic E-state index is 10.2. The fourth-order valence-electron chi connectivity index (χ4n) is 1.51. The first-order chi connectivity index (χ1) is 7.63. The number of rotatable bonds is 3. The summed E-state index contributed by atoms with van der Waals surface area (Å²) in [7, 11) is 0. The van der Waals surface area contributed by atoms with Crippen LogP contribution in [0.25, 0.3) is 0 Å². The molecule has 0 fully saturated rings. The quantitative estimate of drug-likeness (QED) is 0.940. The summed E-state index contributed by atoms with van der Waals surface area (Å²) in [5.74, 6) is 0. The molecule has 0 aliphatic heterocycles. The topological polar surface area (TPSA) is 38.0 Å². The van der Waals surface area contributed by atoms with Crippen LogP contribution in [0.15, 0.2) is 22.1 Å².